The van der Waals surface area contributed by atoms with Crippen LogP contribution in [0.2, 0.25) is 10.0 Å². The number of likely N-dealkylation sites (tertiary alicyclic amines) is 1. The van der Waals surface area contributed by atoms with Crippen LogP contribution in [-0.2, 0) is 4.79 Å². The maximum absolute atomic E-state index is 12.5. The second-order valence-electron chi connectivity index (χ2n) is 4.74. The zero-order valence-electron chi connectivity index (χ0n) is 11.2. The monoisotopic (exact) mass is 324 g/mol. The number of amides is 2. The molecule has 0 saturated carbocycles. The van der Waals surface area contributed by atoms with E-state index in [1.807, 2.05) is 0 Å². The first kappa shape index (κ1) is 15.7. The molecule has 0 radical (unpaired) electrons. The van der Waals surface area contributed by atoms with E-state index in [1.165, 1.54) is 4.90 Å². The number of rotatable bonds is 3. The average molecular weight is 325 g/mol. The predicted octanol–water partition coefficient (Wildman–Crippen LogP) is 2.35. The van der Waals surface area contributed by atoms with Crippen molar-refractivity contribution in [3.05, 3.63) is 33.8 Å². The summed E-state index contributed by atoms with van der Waals surface area (Å²) in [5, 5.41) is 3.39. The van der Waals surface area contributed by atoms with Gasteiger partial charge >= 0.3 is 0 Å². The second kappa shape index (κ2) is 6.84. The van der Waals surface area contributed by atoms with Gasteiger partial charge in [0.05, 0.1) is 6.54 Å². The molecular formula is C15H14Cl2N2O2. The Labute approximate surface area is 133 Å². The molecule has 0 spiro atoms. The Morgan fingerprint density at radius 1 is 1.33 bits per heavy atom. The molecule has 1 saturated heterocycles. The molecule has 0 aliphatic carbocycles. The predicted molar refractivity (Wildman–Crippen MR) is 82.4 cm³/mol. The number of carbonyl (C=O) groups is 2. The van der Waals surface area contributed by atoms with E-state index in [4.69, 9.17) is 29.6 Å². The van der Waals surface area contributed by atoms with Crippen LogP contribution in [0.5, 0.6) is 0 Å². The Balaban J connectivity index is 2.17. The Morgan fingerprint density at radius 3 is 2.62 bits per heavy atom. The first-order valence-electron chi connectivity index (χ1n) is 6.51. The number of hydrogen-bond acceptors (Lipinski definition) is 2. The van der Waals surface area contributed by atoms with Crippen molar-refractivity contribution in [3.63, 3.8) is 0 Å². The zero-order chi connectivity index (χ0) is 15.4. The number of carbonyl (C=O) groups excluding carboxylic acids is 2. The van der Waals surface area contributed by atoms with Crippen molar-refractivity contribution in [1.82, 2.24) is 10.2 Å². The van der Waals surface area contributed by atoms with E-state index in [-0.39, 0.29) is 18.4 Å². The number of nitrogens with zero attached hydrogens (tertiary/aromatic N) is 1. The Morgan fingerprint density at radius 2 is 2.00 bits per heavy atom. The van der Waals surface area contributed by atoms with Gasteiger partial charge in [0, 0.05) is 22.2 Å². The van der Waals surface area contributed by atoms with E-state index in [9.17, 15) is 9.59 Å². The van der Waals surface area contributed by atoms with Gasteiger partial charge in [-0.2, -0.15) is 0 Å². The summed E-state index contributed by atoms with van der Waals surface area (Å²) < 4.78 is 0. The highest BCUT2D eigenvalue weighted by Gasteiger charge is 2.34. The fraction of sp³-hybridized carbons (Fsp3) is 0.333. The quantitative estimate of drug-likeness (QED) is 0.868. The second-order valence-corrected chi connectivity index (χ2v) is 5.61. The van der Waals surface area contributed by atoms with E-state index >= 15 is 0 Å². The number of hydrogen-bond donors (Lipinski definition) is 1. The molecule has 0 unspecified atom stereocenters. The molecule has 2 amide bonds. The van der Waals surface area contributed by atoms with Crippen molar-refractivity contribution in [2.75, 3.05) is 13.1 Å². The molecule has 1 atom stereocenters. The van der Waals surface area contributed by atoms with Crippen LogP contribution in [0.15, 0.2) is 18.2 Å². The van der Waals surface area contributed by atoms with E-state index in [1.54, 1.807) is 18.2 Å². The van der Waals surface area contributed by atoms with Gasteiger partial charge in [0.15, 0.2) is 0 Å². The van der Waals surface area contributed by atoms with Crippen LogP contribution in [0.1, 0.15) is 23.2 Å². The normalized spacial score (nSPS) is 17.4. The van der Waals surface area contributed by atoms with E-state index in [0.29, 0.717) is 28.6 Å². The van der Waals surface area contributed by atoms with Crippen molar-refractivity contribution in [2.24, 2.45) is 0 Å². The Hall–Kier alpha value is -1.70. The van der Waals surface area contributed by atoms with Gasteiger partial charge in [-0.3, -0.25) is 9.59 Å². The molecule has 21 heavy (non-hydrogen) atoms. The average Bonchev–Trinajstić information content (AvgIpc) is 2.92. The minimum atomic E-state index is -0.497. The summed E-state index contributed by atoms with van der Waals surface area (Å²) in [4.78, 5) is 26.1. The highest BCUT2D eigenvalue weighted by Crippen LogP contribution is 2.24. The lowest BCUT2D eigenvalue weighted by Gasteiger charge is -2.23. The molecule has 1 heterocycles. The zero-order valence-corrected chi connectivity index (χ0v) is 12.7. The molecule has 1 fully saturated rings. The van der Waals surface area contributed by atoms with E-state index in [0.717, 1.165) is 6.42 Å². The molecule has 6 heteroatoms. The Kier molecular flexibility index (Phi) is 5.11. The van der Waals surface area contributed by atoms with Crippen LogP contribution in [0, 0.1) is 12.3 Å². The maximum atomic E-state index is 12.5. The lowest BCUT2D eigenvalue weighted by molar-refractivity contribution is -0.124. The molecule has 110 valence electrons. The summed E-state index contributed by atoms with van der Waals surface area (Å²) in [6.07, 6.45) is 6.51. The van der Waals surface area contributed by atoms with Gasteiger partial charge in [0.25, 0.3) is 5.91 Å². The molecule has 1 N–H and O–H groups in total. The third kappa shape index (κ3) is 3.69. The molecule has 1 aromatic rings. The van der Waals surface area contributed by atoms with E-state index < -0.39 is 6.04 Å². The SMILES string of the molecule is C#CCNC(=O)[C@H]1CCCN1C(=O)c1cc(Cl)cc(Cl)c1. The van der Waals surface area contributed by atoms with Gasteiger partial charge in [-0.25, -0.2) is 0 Å². The molecule has 4 nitrogen and oxygen atoms in total. The number of nitrogens with one attached hydrogen (secondary N) is 1. The summed E-state index contributed by atoms with van der Waals surface area (Å²) in [6, 6.07) is 4.15. The van der Waals surface area contributed by atoms with Crippen molar-refractivity contribution in [3.8, 4) is 12.3 Å². The van der Waals surface area contributed by atoms with Crippen LogP contribution in [0.25, 0.3) is 0 Å². The smallest absolute Gasteiger partial charge is 0.254 e. The van der Waals surface area contributed by atoms with Crippen LogP contribution in [0.3, 0.4) is 0 Å². The first-order chi connectivity index (χ1) is 10.0. The van der Waals surface area contributed by atoms with Gasteiger partial charge in [-0.15, -0.1) is 6.42 Å². The lowest BCUT2D eigenvalue weighted by Crippen LogP contribution is -2.46. The molecular weight excluding hydrogens is 311 g/mol. The van der Waals surface area contributed by atoms with E-state index in [2.05, 4.69) is 11.2 Å². The van der Waals surface area contributed by atoms with Crippen LogP contribution in [0.4, 0.5) is 0 Å². The largest absolute Gasteiger partial charge is 0.343 e. The van der Waals surface area contributed by atoms with Gasteiger partial charge in [-0.05, 0) is 31.0 Å². The van der Waals surface area contributed by atoms with Crippen LogP contribution >= 0.6 is 23.2 Å². The fourth-order valence-corrected chi connectivity index (χ4v) is 2.91. The van der Waals surface area contributed by atoms with Crippen LogP contribution < -0.4 is 5.32 Å². The van der Waals surface area contributed by atoms with Gasteiger partial charge in [0.1, 0.15) is 6.04 Å². The molecule has 0 aromatic heterocycles. The van der Waals surface area contributed by atoms with Crippen LogP contribution in [-0.4, -0.2) is 35.8 Å². The lowest BCUT2D eigenvalue weighted by atomic mass is 10.1. The highest BCUT2D eigenvalue weighted by molar-refractivity contribution is 6.35. The third-order valence-electron chi connectivity index (χ3n) is 3.29. The standard InChI is InChI=1S/C15H14Cl2N2O2/c1-2-5-18-14(20)13-4-3-6-19(13)15(21)10-7-11(16)9-12(17)8-10/h1,7-9,13H,3-6H2,(H,18,20)/t13-/m1/s1. The summed E-state index contributed by atoms with van der Waals surface area (Å²) >= 11 is 11.8. The summed E-state index contributed by atoms with van der Waals surface area (Å²) in [5.74, 6) is 1.86. The van der Waals surface area contributed by atoms with Crippen molar-refractivity contribution in [2.45, 2.75) is 18.9 Å². The summed E-state index contributed by atoms with van der Waals surface area (Å²) in [7, 11) is 0. The molecule has 1 aromatic carbocycles. The first-order valence-corrected chi connectivity index (χ1v) is 7.26. The van der Waals surface area contributed by atoms with Gasteiger partial charge in [0.2, 0.25) is 5.91 Å². The maximum Gasteiger partial charge on any atom is 0.254 e. The van der Waals surface area contributed by atoms with Gasteiger partial charge < -0.3 is 10.2 Å². The van der Waals surface area contributed by atoms with Crippen molar-refractivity contribution >= 4 is 35.0 Å². The molecule has 0 bridgehead atoms. The highest BCUT2D eigenvalue weighted by atomic mass is 35.5. The molecule has 1 aliphatic rings. The van der Waals surface area contributed by atoms with Gasteiger partial charge in [-0.1, -0.05) is 29.1 Å². The topological polar surface area (TPSA) is 49.4 Å². The molecule has 1 aliphatic heterocycles. The van der Waals surface area contributed by atoms with Crippen molar-refractivity contribution in [1.29, 1.82) is 0 Å². The van der Waals surface area contributed by atoms with Crippen molar-refractivity contribution < 1.29 is 9.59 Å². The summed E-state index contributed by atoms with van der Waals surface area (Å²) in [6.45, 7) is 0.678. The minimum absolute atomic E-state index is 0.153. The Bertz CT molecular complexity index is 590. The third-order valence-corrected chi connectivity index (χ3v) is 3.73. The number of terminal acetylenes is 1. The fourth-order valence-electron chi connectivity index (χ4n) is 2.38. The molecule has 2 rings (SSSR count). The number of halogens is 2. The number of benzene rings is 1. The minimum Gasteiger partial charge on any atom is -0.343 e. The summed E-state index contributed by atoms with van der Waals surface area (Å²) in [5.41, 5.74) is 0.379.